The Hall–Kier alpha value is -2.62. The summed E-state index contributed by atoms with van der Waals surface area (Å²) in [5.41, 5.74) is 2.83. The summed E-state index contributed by atoms with van der Waals surface area (Å²) in [6.45, 7) is 4.04. The lowest BCUT2D eigenvalue weighted by Gasteiger charge is -2.28. The molecule has 3 heteroatoms. The van der Waals surface area contributed by atoms with Crippen molar-refractivity contribution in [3.63, 3.8) is 0 Å². The lowest BCUT2D eigenvalue weighted by Crippen LogP contribution is -2.21. The van der Waals surface area contributed by atoms with E-state index in [4.69, 9.17) is 0 Å². The molecule has 0 aliphatic carbocycles. The van der Waals surface area contributed by atoms with E-state index in [0.29, 0.717) is 0 Å². The molecule has 0 heterocycles. The highest BCUT2D eigenvalue weighted by atomic mass is 31.2. The monoisotopic (exact) mass is 359 g/mol. The Morgan fingerprint density at radius 1 is 0.808 bits per heavy atom. The number of hydrogen-bond donors (Lipinski definition) is 0. The Kier molecular flexibility index (Phi) is 5.40. The van der Waals surface area contributed by atoms with Crippen LogP contribution in [-0.2, 0) is 4.57 Å². The second kappa shape index (κ2) is 7.73. The lowest BCUT2D eigenvalue weighted by molar-refractivity contribution is 0.578. The van der Waals surface area contributed by atoms with Crippen molar-refractivity contribution in [2.45, 2.75) is 25.9 Å². The van der Waals surface area contributed by atoms with E-state index in [0.717, 1.165) is 27.3 Å². The second-order valence-corrected chi connectivity index (χ2v) is 9.59. The van der Waals surface area contributed by atoms with Crippen molar-refractivity contribution in [2.24, 2.45) is 0 Å². The van der Waals surface area contributed by atoms with Gasteiger partial charge >= 0.3 is 0 Å². The minimum absolute atomic E-state index is 0.211. The minimum Gasteiger partial charge on any atom is -0.313 e. The van der Waals surface area contributed by atoms with Crippen LogP contribution in [0.3, 0.4) is 0 Å². The molecule has 3 aromatic rings. The molecular formula is C23H22NOP. The molecule has 2 nitrogen and oxygen atoms in total. The molecule has 0 aliphatic rings. The van der Waals surface area contributed by atoms with Gasteiger partial charge in [0.1, 0.15) is 0 Å². The van der Waals surface area contributed by atoms with Crippen molar-refractivity contribution in [2.75, 3.05) is 0 Å². The molecule has 0 spiro atoms. The number of rotatable bonds is 5. The standard InChI is InChI=1S/C23H22NOP/c1-18-8-12-21(13-9-18)26(25,22-14-10-19(2)11-15-22)23(16-17-24)20-6-4-3-5-7-20/h3-15,23H,16H2,1-2H3. The summed E-state index contributed by atoms with van der Waals surface area (Å²) in [5.74, 6) is 0. The molecule has 0 amide bonds. The minimum atomic E-state index is -3.03. The first kappa shape index (κ1) is 18.2. The zero-order valence-corrected chi connectivity index (χ0v) is 16.0. The fourth-order valence-corrected chi connectivity index (χ4v) is 6.39. The molecule has 1 atom stereocenters. The highest BCUT2D eigenvalue weighted by Gasteiger charge is 2.37. The van der Waals surface area contributed by atoms with Crippen LogP contribution in [0.4, 0.5) is 0 Å². The molecular weight excluding hydrogens is 337 g/mol. The number of hydrogen-bond acceptors (Lipinski definition) is 2. The molecule has 3 rings (SSSR count). The van der Waals surface area contributed by atoms with Crippen molar-refractivity contribution < 1.29 is 4.57 Å². The average molecular weight is 359 g/mol. The number of nitrogens with zero attached hydrogens (tertiary/aromatic N) is 1. The van der Waals surface area contributed by atoms with Crippen LogP contribution < -0.4 is 10.6 Å². The van der Waals surface area contributed by atoms with Crippen LogP contribution in [0.5, 0.6) is 0 Å². The van der Waals surface area contributed by atoms with Gasteiger partial charge in [0.15, 0.2) is 7.14 Å². The van der Waals surface area contributed by atoms with E-state index >= 15 is 0 Å². The van der Waals surface area contributed by atoms with Gasteiger partial charge in [0.05, 0.1) is 11.7 Å². The van der Waals surface area contributed by atoms with Gasteiger partial charge in [-0.15, -0.1) is 0 Å². The van der Waals surface area contributed by atoms with Crippen LogP contribution in [0.25, 0.3) is 0 Å². The highest BCUT2D eigenvalue weighted by molar-refractivity contribution is 7.79. The molecule has 0 radical (unpaired) electrons. The molecule has 0 aromatic heterocycles. The highest BCUT2D eigenvalue weighted by Crippen LogP contribution is 2.58. The van der Waals surface area contributed by atoms with Gasteiger partial charge in [-0.05, 0) is 19.4 Å². The molecule has 0 fully saturated rings. The molecule has 0 saturated carbocycles. The molecule has 3 aromatic carbocycles. The topological polar surface area (TPSA) is 40.9 Å². The van der Waals surface area contributed by atoms with Crippen molar-refractivity contribution in [3.05, 3.63) is 95.6 Å². The van der Waals surface area contributed by atoms with E-state index in [9.17, 15) is 9.83 Å². The summed E-state index contributed by atoms with van der Waals surface area (Å²) in [4.78, 5) is 0. The number of benzene rings is 3. The molecule has 130 valence electrons. The predicted octanol–water partition coefficient (Wildman–Crippen LogP) is 5.27. The summed E-state index contributed by atoms with van der Waals surface area (Å²) in [6, 6.07) is 27.8. The Bertz CT molecular complexity index is 904. The molecule has 0 bridgehead atoms. The average Bonchev–Trinajstić information content (AvgIpc) is 2.67. The Morgan fingerprint density at radius 2 is 1.27 bits per heavy atom. The van der Waals surface area contributed by atoms with Crippen LogP contribution >= 0.6 is 7.14 Å². The molecule has 1 unspecified atom stereocenters. The number of aryl methyl sites for hydroxylation is 2. The van der Waals surface area contributed by atoms with Crippen LogP contribution in [0.1, 0.15) is 28.8 Å². The van der Waals surface area contributed by atoms with E-state index in [-0.39, 0.29) is 12.1 Å². The van der Waals surface area contributed by atoms with Crippen molar-refractivity contribution >= 4 is 17.8 Å². The summed E-state index contributed by atoms with van der Waals surface area (Å²) < 4.78 is 14.6. The van der Waals surface area contributed by atoms with Gasteiger partial charge in [-0.1, -0.05) is 90.0 Å². The van der Waals surface area contributed by atoms with E-state index in [1.807, 2.05) is 92.7 Å². The lowest BCUT2D eigenvalue weighted by atomic mass is 10.1. The largest absolute Gasteiger partial charge is 0.313 e. The maximum absolute atomic E-state index is 14.6. The first-order chi connectivity index (χ1) is 12.6. The van der Waals surface area contributed by atoms with Crippen molar-refractivity contribution in [3.8, 4) is 6.07 Å². The predicted molar refractivity (Wildman–Crippen MR) is 109 cm³/mol. The third-order valence-electron chi connectivity index (χ3n) is 4.74. The second-order valence-electron chi connectivity index (χ2n) is 6.62. The first-order valence-corrected chi connectivity index (χ1v) is 10.5. The molecule has 26 heavy (non-hydrogen) atoms. The van der Waals surface area contributed by atoms with Crippen LogP contribution in [-0.4, -0.2) is 0 Å². The van der Waals surface area contributed by atoms with Gasteiger partial charge in [-0.2, -0.15) is 5.26 Å². The van der Waals surface area contributed by atoms with Crippen LogP contribution in [0.15, 0.2) is 78.9 Å². The first-order valence-electron chi connectivity index (χ1n) is 8.72. The summed E-state index contributed by atoms with van der Waals surface area (Å²) in [6.07, 6.45) is 0.211. The third kappa shape index (κ3) is 3.50. The fraction of sp³-hybridized carbons (Fsp3) is 0.174. The molecule has 0 saturated heterocycles. The summed E-state index contributed by atoms with van der Waals surface area (Å²) >= 11 is 0. The van der Waals surface area contributed by atoms with E-state index in [1.165, 1.54) is 0 Å². The van der Waals surface area contributed by atoms with Crippen LogP contribution in [0.2, 0.25) is 0 Å². The van der Waals surface area contributed by atoms with E-state index in [1.54, 1.807) is 0 Å². The normalized spacial score (nSPS) is 12.3. The van der Waals surface area contributed by atoms with E-state index < -0.39 is 7.14 Å². The molecule has 0 aliphatic heterocycles. The zero-order chi connectivity index (χ0) is 18.6. The maximum atomic E-state index is 14.6. The van der Waals surface area contributed by atoms with Gasteiger partial charge in [-0.3, -0.25) is 0 Å². The maximum Gasteiger partial charge on any atom is 0.151 e. The summed E-state index contributed by atoms with van der Waals surface area (Å²) in [5, 5.41) is 11.1. The quantitative estimate of drug-likeness (QED) is 0.582. The Morgan fingerprint density at radius 3 is 1.69 bits per heavy atom. The molecule has 0 N–H and O–H groups in total. The van der Waals surface area contributed by atoms with Gasteiger partial charge in [0.2, 0.25) is 0 Å². The van der Waals surface area contributed by atoms with Gasteiger partial charge < -0.3 is 4.57 Å². The van der Waals surface area contributed by atoms with Gasteiger partial charge in [-0.25, -0.2) is 0 Å². The smallest absolute Gasteiger partial charge is 0.151 e. The van der Waals surface area contributed by atoms with Crippen LogP contribution in [0, 0.1) is 25.2 Å². The van der Waals surface area contributed by atoms with E-state index in [2.05, 4.69) is 6.07 Å². The third-order valence-corrected chi connectivity index (χ3v) is 8.23. The fourth-order valence-electron chi connectivity index (χ4n) is 3.26. The summed E-state index contributed by atoms with van der Waals surface area (Å²) in [7, 11) is -3.03. The SMILES string of the molecule is Cc1ccc(P(=O)(c2ccc(C)cc2)C(CC#N)c2ccccc2)cc1. The Balaban J connectivity index is 2.25. The van der Waals surface area contributed by atoms with Gasteiger partial charge in [0, 0.05) is 17.0 Å². The number of nitriles is 1. The van der Waals surface area contributed by atoms with Gasteiger partial charge in [0.25, 0.3) is 0 Å². The van der Waals surface area contributed by atoms with Crippen molar-refractivity contribution in [1.82, 2.24) is 0 Å². The van der Waals surface area contributed by atoms with Crippen molar-refractivity contribution in [1.29, 1.82) is 5.26 Å². The zero-order valence-electron chi connectivity index (χ0n) is 15.1. The Labute approximate surface area is 155 Å².